The quantitative estimate of drug-likeness (QED) is 0.617. The molecule has 1 fully saturated rings. The summed E-state index contributed by atoms with van der Waals surface area (Å²) in [6, 6.07) is 0. The summed E-state index contributed by atoms with van der Waals surface area (Å²) < 4.78 is 4.70. The fraction of sp³-hybridized carbons (Fsp3) is 0.667. The van der Waals surface area contributed by atoms with Crippen LogP contribution in [0.2, 0.25) is 0 Å². The SMILES string of the molecule is COC(=O)c1nc(N(C)CC2CCCCC2)sc1C(C)=O. The maximum atomic E-state index is 11.7. The van der Waals surface area contributed by atoms with Crippen molar-refractivity contribution in [1.29, 1.82) is 0 Å². The van der Waals surface area contributed by atoms with E-state index in [0.29, 0.717) is 15.9 Å². The number of hydrogen-bond donors (Lipinski definition) is 0. The van der Waals surface area contributed by atoms with Gasteiger partial charge in [0.1, 0.15) is 4.88 Å². The van der Waals surface area contributed by atoms with Crippen molar-refractivity contribution < 1.29 is 14.3 Å². The van der Waals surface area contributed by atoms with Gasteiger partial charge in [0, 0.05) is 20.5 Å². The molecule has 1 aliphatic rings. The average Bonchev–Trinajstić information content (AvgIpc) is 2.93. The van der Waals surface area contributed by atoms with Crippen molar-refractivity contribution in [1.82, 2.24) is 4.98 Å². The summed E-state index contributed by atoms with van der Waals surface area (Å²) in [5.74, 6) is -0.0195. The van der Waals surface area contributed by atoms with Crippen molar-refractivity contribution in [2.24, 2.45) is 5.92 Å². The number of hydrogen-bond acceptors (Lipinski definition) is 6. The average molecular weight is 310 g/mol. The summed E-state index contributed by atoms with van der Waals surface area (Å²) in [6.07, 6.45) is 6.42. The lowest BCUT2D eigenvalue weighted by Gasteiger charge is -2.26. The largest absolute Gasteiger partial charge is 0.464 e. The predicted octanol–water partition coefficient (Wildman–Crippen LogP) is 3.15. The van der Waals surface area contributed by atoms with E-state index < -0.39 is 5.97 Å². The number of thiazole rings is 1. The van der Waals surface area contributed by atoms with E-state index >= 15 is 0 Å². The highest BCUT2D eigenvalue weighted by Crippen LogP contribution is 2.30. The van der Waals surface area contributed by atoms with Gasteiger partial charge in [0.2, 0.25) is 0 Å². The first kappa shape index (κ1) is 15.9. The van der Waals surface area contributed by atoms with Crippen LogP contribution in [0.1, 0.15) is 59.2 Å². The molecule has 1 aromatic rings. The molecule has 21 heavy (non-hydrogen) atoms. The number of anilines is 1. The minimum atomic E-state index is -0.547. The van der Waals surface area contributed by atoms with Gasteiger partial charge in [-0.2, -0.15) is 0 Å². The molecule has 116 valence electrons. The van der Waals surface area contributed by atoms with Crippen molar-refractivity contribution in [3.63, 3.8) is 0 Å². The van der Waals surface area contributed by atoms with Gasteiger partial charge in [-0.05, 0) is 18.8 Å². The number of methoxy groups -OCH3 is 1. The fourth-order valence-electron chi connectivity index (χ4n) is 2.78. The summed E-state index contributed by atoms with van der Waals surface area (Å²) in [4.78, 5) is 30.1. The van der Waals surface area contributed by atoms with E-state index in [1.807, 2.05) is 7.05 Å². The van der Waals surface area contributed by atoms with Gasteiger partial charge in [-0.3, -0.25) is 4.79 Å². The third-order valence-electron chi connectivity index (χ3n) is 3.90. The van der Waals surface area contributed by atoms with E-state index in [-0.39, 0.29) is 11.5 Å². The number of aromatic nitrogens is 1. The number of ketones is 1. The Bertz CT molecular complexity index is 521. The summed E-state index contributed by atoms with van der Waals surface area (Å²) in [6.45, 7) is 2.37. The van der Waals surface area contributed by atoms with E-state index in [2.05, 4.69) is 9.88 Å². The van der Waals surface area contributed by atoms with Crippen molar-refractivity contribution in [3.05, 3.63) is 10.6 Å². The number of nitrogens with zero attached hydrogens (tertiary/aromatic N) is 2. The summed E-state index contributed by atoms with van der Waals surface area (Å²) >= 11 is 1.27. The number of ether oxygens (including phenoxy) is 1. The zero-order valence-corrected chi connectivity index (χ0v) is 13.7. The van der Waals surface area contributed by atoms with Crippen LogP contribution in [0.25, 0.3) is 0 Å². The molecule has 0 radical (unpaired) electrons. The standard InChI is InChI=1S/C15H22N2O3S/c1-10(18)13-12(14(19)20-3)16-15(21-13)17(2)9-11-7-5-4-6-8-11/h11H,4-9H2,1-3H3. The molecule has 0 aliphatic heterocycles. The van der Waals surface area contributed by atoms with Gasteiger partial charge in [0.05, 0.1) is 7.11 Å². The van der Waals surface area contributed by atoms with E-state index in [1.54, 1.807) is 0 Å². The molecule has 0 aromatic carbocycles. The topological polar surface area (TPSA) is 59.5 Å². The molecule has 6 heteroatoms. The van der Waals surface area contributed by atoms with Crippen LogP contribution in [0.5, 0.6) is 0 Å². The molecular weight excluding hydrogens is 288 g/mol. The summed E-state index contributed by atoms with van der Waals surface area (Å²) in [5, 5.41) is 0.714. The van der Waals surface area contributed by atoms with Crippen LogP contribution in [-0.4, -0.2) is 37.4 Å². The summed E-state index contributed by atoms with van der Waals surface area (Å²) in [5.41, 5.74) is 0.139. The van der Waals surface area contributed by atoms with Crippen molar-refractivity contribution in [3.8, 4) is 0 Å². The first-order chi connectivity index (χ1) is 10.0. The zero-order chi connectivity index (χ0) is 15.4. The van der Waals surface area contributed by atoms with Crippen molar-refractivity contribution in [2.45, 2.75) is 39.0 Å². The Morgan fingerprint density at radius 1 is 1.33 bits per heavy atom. The van der Waals surface area contributed by atoms with E-state index in [4.69, 9.17) is 4.74 Å². The normalized spacial score (nSPS) is 15.8. The highest BCUT2D eigenvalue weighted by molar-refractivity contribution is 7.17. The molecule has 0 unspecified atom stereocenters. The Morgan fingerprint density at radius 3 is 2.57 bits per heavy atom. The van der Waals surface area contributed by atoms with Gasteiger partial charge in [-0.25, -0.2) is 9.78 Å². The highest BCUT2D eigenvalue weighted by Gasteiger charge is 2.24. The monoisotopic (exact) mass is 310 g/mol. The number of esters is 1. The van der Waals surface area contributed by atoms with E-state index in [0.717, 1.165) is 6.54 Å². The van der Waals surface area contributed by atoms with E-state index in [1.165, 1.54) is 57.5 Å². The smallest absolute Gasteiger partial charge is 0.358 e. The molecule has 1 aromatic heterocycles. The van der Waals surface area contributed by atoms with Gasteiger partial charge < -0.3 is 9.64 Å². The number of Topliss-reactive ketones (excluding diaryl/α,β-unsaturated/α-hetero) is 1. The molecule has 0 saturated heterocycles. The maximum absolute atomic E-state index is 11.7. The first-order valence-corrected chi connectivity index (χ1v) is 8.15. The Balaban J connectivity index is 2.14. The molecule has 0 atom stereocenters. The van der Waals surface area contributed by atoms with Crippen LogP contribution < -0.4 is 4.90 Å². The Kier molecular flexibility index (Phi) is 5.33. The lowest BCUT2D eigenvalue weighted by atomic mass is 9.89. The van der Waals surface area contributed by atoms with E-state index in [9.17, 15) is 9.59 Å². The number of carbonyl (C=O) groups excluding carboxylic acids is 2. The summed E-state index contributed by atoms with van der Waals surface area (Å²) in [7, 11) is 3.27. The Morgan fingerprint density at radius 2 is 2.00 bits per heavy atom. The van der Waals surface area contributed by atoms with Gasteiger partial charge in [0.15, 0.2) is 16.6 Å². The molecule has 1 saturated carbocycles. The Labute approximate surface area is 129 Å². The van der Waals surface area contributed by atoms with Crippen LogP contribution >= 0.6 is 11.3 Å². The first-order valence-electron chi connectivity index (χ1n) is 7.34. The Hall–Kier alpha value is -1.43. The van der Waals surface area contributed by atoms with Crippen LogP contribution in [0.15, 0.2) is 0 Å². The van der Waals surface area contributed by atoms with Gasteiger partial charge in [-0.15, -0.1) is 0 Å². The minimum absolute atomic E-state index is 0.139. The van der Waals surface area contributed by atoms with Gasteiger partial charge in [0.25, 0.3) is 0 Å². The molecule has 1 aliphatic carbocycles. The van der Waals surface area contributed by atoms with Crippen molar-refractivity contribution in [2.75, 3.05) is 25.6 Å². The fourth-order valence-corrected chi connectivity index (χ4v) is 3.70. The second-order valence-corrected chi connectivity index (χ2v) is 6.58. The molecule has 0 spiro atoms. The maximum Gasteiger partial charge on any atom is 0.358 e. The third-order valence-corrected chi connectivity index (χ3v) is 5.17. The van der Waals surface area contributed by atoms with Gasteiger partial charge >= 0.3 is 5.97 Å². The lowest BCUT2D eigenvalue weighted by molar-refractivity contribution is 0.0591. The van der Waals surface area contributed by atoms with Gasteiger partial charge in [-0.1, -0.05) is 30.6 Å². The zero-order valence-electron chi connectivity index (χ0n) is 12.8. The van der Waals surface area contributed by atoms with Crippen LogP contribution in [-0.2, 0) is 4.74 Å². The highest BCUT2D eigenvalue weighted by atomic mass is 32.1. The molecule has 1 heterocycles. The molecule has 0 amide bonds. The minimum Gasteiger partial charge on any atom is -0.464 e. The molecule has 0 bridgehead atoms. The number of carbonyl (C=O) groups is 2. The third kappa shape index (κ3) is 3.81. The predicted molar refractivity (Wildman–Crippen MR) is 83.3 cm³/mol. The van der Waals surface area contributed by atoms with Crippen LogP contribution in [0.4, 0.5) is 5.13 Å². The molecule has 5 nitrogen and oxygen atoms in total. The number of rotatable bonds is 5. The second kappa shape index (κ2) is 7.02. The molecular formula is C15H22N2O3S. The van der Waals surface area contributed by atoms with Crippen LogP contribution in [0, 0.1) is 5.92 Å². The van der Waals surface area contributed by atoms with Crippen molar-refractivity contribution >= 4 is 28.2 Å². The lowest BCUT2D eigenvalue weighted by Crippen LogP contribution is -2.26. The second-order valence-electron chi connectivity index (χ2n) is 5.61. The molecule has 0 N–H and O–H groups in total. The molecule has 2 rings (SSSR count). The van der Waals surface area contributed by atoms with Crippen LogP contribution in [0.3, 0.4) is 0 Å².